The van der Waals surface area contributed by atoms with Gasteiger partial charge in [0.2, 0.25) is 5.91 Å². The van der Waals surface area contributed by atoms with Gasteiger partial charge in [0.1, 0.15) is 5.58 Å². The fraction of sp³-hybridized carbons (Fsp3) is 0.111. The first kappa shape index (κ1) is 12.8. The molecule has 0 saturated heterocycles. The van der Waals surface area contributed by atoms with E-state index in [1.807, 2.05) is 48.5 Å². The van der Waals surface area contributed by atoms with Crippen LogP contribution < -0.4 is 5.32 Å². The highest BCUT2D eigenvalue weighted by molar-refractivity contribution is 6.07. The Morgan fingerprint density at radius 3 is 2.73 bits per heavy atom. The molecule has 108 valence electrons. The van der Waals surface area contributed by atoms with Gasteiger partial charge in [-0.1, -0.05) is 36.4 Å². The molecule has 1 amide bonds. The summed E-state index contributed by atoms with van der Waals surface area (Å²) in [6.07, 6.45) is 0.114. The number of carbonyl (C=O) groups is 2. The van der Waals surface area contributed by atoms with Crippen LogP contribution in [0.2, 0.25) is 0 Å². The third kappa shape index (κ3) is 2.00. The Balaban J connectivity index is 1.63. The molecule has 0 aliphatic carbocycles. The Morgan fingerprint density at radius 1 is 1.09 bits per heavy atom. The Labute approximate surface area is 126 Å². The van der Waals surface area contributed by atoms with Crippen molar-refractivity contribution < 1.29 is 14.0 Å². The first-order valence-corrected chi connectivity index (χ1v) is 7.14. The SMILES string of the molecule is O=C(C[C@H]1C(=O)Nc2ccccc21)c1cc2ccccc2o1. The van der Waals surface area contributed by atoms with Gasteiger partial charge in [0.25, 0.3) is 0 Å². The minimum atomic E-state index is -0.447. The molecular formula is C18H13NO3. The Kier molecular flexibility index (Phi) is 2.82. The molecule has 22 heavy (non-hydrogen) atoms. The zero-order valence-corrected chi connectivity index (χ0v) is 11.7. The molecular weight excluding hydrogens is 278 g/mol. The highest BCUT2D eigenvalue weighted by Gasteiger charge is 2.32. The summed E-state index contributed by atoms with van der Waals surface area (Å²) in [6.45, 7) is 0. The van der Waals surface area contributed by atoms with Crippen molar-refractivity contribution in [2.24, 2.45) is 0 Å². The maximum Gasteiger partial charge on any atom is 0.232 e. The van der Waals surface area contributed by atoms with Gasteiger partial charge in [0.05, 0.1) is 5.92 Å². The first-order chi connectivity index (χ1) is 10.7. The minimum absolute atomic E-state index is 0.114. The summed E-state index contributed by atoms with van der Waals surface area (Å²) < 4.78 is 5.58. The Morgan fingerprint density at radius 2 is 1.86 bits per heavy atom. The predicted molar refractivity (Wildman–Crippen MR) is 83.0 cm³/mol. The van der Waals surface area contributed by atoms with Gasteiger partial charge < -0.3 is 9.73 Å². The minimum Gasteiger partial charge on any atom is -0.453 e. The van der Waals surface area contributed by atoms with Gasteiger partial charge in [0, 0.05) is 17.5 Å². The second-order valence-corrected chi connectivity index (χ2v) is 5.40. The monoisotopic (exact) mass is 291 g/mol. The standard InChI is InChI=1S/C18H13NO3/c20-15(17-9-11-5-1-4-8-16(11)22-17)10-13-12-6-2-3-7-14(12)19-18(13)21/h1-9,13H,10H2,(H,19,21)/t13-/m1/s1. The van der Waals surface area contributed by atoms with Crippen molar-refractivity contribution in [1.29, 1.82) is 0 Å². The van der Waals surface area contributed by atoms with E-state index in [0.29, 0.717) is 11.3 Å². The van der Waals surface area contributed by atoms with Crippen LogP contribution in [0.3, 0.4) is 0 Å². The molecule has 1 aromatic heterocycles. The van der Waals surface area contributed by atoms with Crippen LogP contribution in [0.15, 0.2) is 59.0 Å². The second kappa shape index (κ2) is 4.84. The molecule has 2 heterocycles. The summed E-state index contributed by atoms with van der Waals surface area (Å²) in [6, 6.07) is 16.7. The van der Waals surface area contributed by atoms with Gasteiger partial charge in [0.15, 0.2) is 11.5 Å². The Bertz CT molecular complexity index is 861. The van der Waals surface area contributed by atoms with Crippen LogP contribution in [-0.2, 0) is 4.79 Å². The molecule has 4 rings (SSSR count). The third-order valence-electron chi connectivity index (χ3n) is 4.00. The van der Waals surface area contributed by atoms with Crippen molar-refractivity contribution in [3.8, 4) is 0 Å². The van der Waals surface area contributed by atoms with Crippen molar-refractivity contribution in [1.82, 2.24) is 0 Å². The van der Waals surface area contributed by atoms with Gasteiger partial charge in [-0.05, 0) is 23.8 Å². The van der Waals surface area contributed by atoms with Gasteiger partial charge in [-0.3, -0.25) is 9.59 Å². The first-order valence-electron chi connectivity index (χ1n) is 7.14. The summed E-state index contributed by atoms with van der Waals surface area (Å²) >= 11 is 0. The van der Waals surface area contributed by atoms with Crippen molar-refractivity contribution in [3.63, 3.8) is 0 Å². The number of amides is 1. The van der Waals surface area contributed by atoms with Crippen LogP contribution in [0.25, 0.3) is 11.0 Å². The smallest absolute Gasteiger partial charge is 0.232 e. The lowest BCUT2D eigenvalue weighted by molar-refractivity contribution is -0.117. The van der Waals surface area contributed by atoms with Crippen molar-refractivity contribution in [3.05, 3.63) is 65.9 Å². The number of ketones is 1. The van der Waals surface area contributed by atoms with Crippen LogP contribution in [0.4, 0.5) is 5.69 Å². The lowest BCUT2D eigenvalue weighted by atomic mass is 9.94. The lowest BCUT2D eigenvalue weighted by Crippen LogP contribution is -2.15. The maximum absolute atomic E-state index is 12.5. The molecule has 0 bridgehead atoms. The zero-order chi connectivity index (χ0) is 15.1. The lowest BCUT2D eigenvalue weighted by Gasteiger charge is -2.06. The van der Waals surface area contributed by atoms with E-state index in [1.165, 1.54) is 0 Å². The molecule has 1 atom stereocenters. The molecule has 4 nitrogen and oxygen atoms in total. The third-order valence-corrected chi connectivity index (χ3v) is 4.00. The average molecular weight is 291 g/mol. The van der Waals surface area contributed by atoms with Crippen molar-refractivity contribution >= 4 is 28.3 Å². The van der Waals surface area contributed by atoms with E-state index in [1.54, 1.807) is 6.07 Å². The largest absolute Gasteiger partial charge is 0.453 e. The highest BCUT2D eigenvalue weighted by Crippen LogP contribution is 2.35. The number of fused-ring (bicyclic) bond motifs is 2. The van der Waals surface area contributed by atoms with E-state index in [2.05, 4.69) is 5.32 Å². The number of furan rings is 1. The number of rotatable bonds is 3. The molecule has 0 radical (unpaired) electrons. The number of para-hydroxylation sites is 2. The van der Waals surface area contributed by atoms with E-state index in [9.17, 15) is 9.59 Å². The quantitative estimate of drug-likeness (QED) is 0.748. The number of benzene rings is 2. The van der Waals surface area contributed by atoms with Crippen LogP contribution in [0, 0.1) is 0 Å². The van der Waals surface area contributed by atoms with Gasteiger partial charge in [-0.15, -0.1) is 0 Å². The topological polar surface area (TPSA) is 59.3 Å². The fourth-order valence-electron chi connectivity index (χ4n) is 2.88. The van der Waals surface area contributed by atoms with Crippen LogP contribution in [0.5, 0.6) is 0 Å². The fourth-order valence-corrected chi connectivity index (χ4v) is 2.88. The molecule has 0 spiro atoms. The van der Waals surface area contributed by atoms with Crippen LogP contribution >= 0.6 is 0 Å². The maximum atomic E-state index is 12.5. The van der Waals surface area contributed by atoms with Gasteiger partial charge >= 0.3 is 0 Å². The molecule has 0 unspecified atom stereocenters. The van der Waals surface area contributed by atoms with Gasteiger partial charge in [-0.2, -0.15) is 0 Å². The normalized spacial score (nSPS) is 16.5. The second-order valence-electron chi connectivity index (χ2n) is 5.40. The summed E-state index contributed by atoms with van der Waals surface area (Å²) in [7, 11) is 0. The predicted octanol–water partition coefficient (Wildman–Crippen LogP) is 3.74. The number of carbonyl (C=O) groups excluding carboxylic acids is 2. The van der Waals surface area contributed by atoms with Crippen molar-refractivity contribution in [2.45, 2.75) is 12.3 Å². The van der Waals surface area contributed by atoms with E-state index in [-0.39, 0.29) is 18.1 Å². The van der Waals surface area contributed by atoms with E-state index in [0.717, 1.165) is 16.6 Å². The molecule has 1 aliphatic heterocycles. The number of nitrogens with one attached hydrogen (secondary N) is 1. The average Bonchev–Trinajstić information content (AvgIpc) is 3.09. The van der Waals surface area contributed by atoms with Gasteiger partial charge in [-0.25, -0.2) is 0 Å². The molecule has 0 fully saturated rings. The van der Waals surface area contributed by atoms with E-state index < -0.39 is 5.92 Å². The molecule has 3 aromatic rings. The molecule has 2 aromatic carbocycles. The van der Waals surface area contributed by atoms with Crippen LogP contribution in [0.1, 0.15) is 28.5 Å². The number of hydrogen-bond acceptors (Lipinski definition) is 3. The van der Waals surface area contributed by atoms with Crippen LogP contribution in [-0.4, -0.2) is 11.7 Å². The summed E-state index contributed by atoms with van der Waals surface area (Å²) in [5.74, 6) is -0.436. The molecule has 4 heteroatoms. The molecule has 0 saturated carbocycles. The van der Waals surface area contributed by atoms with E-state index >= 15 is 0 Å². The Hall–Kier alpha value is -2.88. The highest BCUT2D eigenvalue weighted by atomic mass is 16.3. The molecule has 1 aliphatic rings. The van der Waals surface area contributed by atoms with E-state index in [4.69, 9.17) is 4.42 Å². The van der Waals surface area contributed by atoms with Crippen molar-refractivity contribution in [2.75, 3.05) is 5.32 Å². The summed E-state index contributed by atoms with van der Waals surface area (Å²) in [5, 5.41) is 3.70. The zero-order valence-electron chi connectivity index (χ0n) is 11.7. The summed E-state index contributed by atoms with van der Waals surface area (Å²) in [5.41, 5.74) is 2.34. The summed E-state index contributed by atoms with van der Waals surface area (Å²) in [4.78, 5) is 24.5. The number of hydrogen-bond donors (Lipinski definition) is 1. The number of Topliss-reactive ketones (excluding diaryl/α,β-unsaturated/α-hetero) is 1. The molecule has 1 N–H and O–H groups in total. The number of anilines is 1.